The molecule has 0 spiro atoms. The molecule has 1 aliphatic heterocycles. The number of hydrogen-bond acceptors (Lipinski definition) is 5. The van der Waals surface area contributed by atoms with E-state index in [2.05, 4.69) is 5.32 Å². The number of rotatable bonds is 6. The first-order valence-corrected chi connectivity index (χ1v) is 13.6. The van der Waals surface area contributed by atoms with Crippen molar-refractivity contribution in [1.29, 1.82) is 0 Å². The largest absolute Gasteiger partial charge is 0.325 e. The van der Waals surface area contributed by atoms with Crippen LogP contribution in [-0.2, 0) is 24.8 Å². The molecule has 34 heavy (non-hydrogen) atoms. The van der Waals surface area contributed by atoms with Crippen LogP contribution in [0.5, 0.6) is 0 Å². The van der Waals surface area contributed by atoms with E-state index in [0.29, 0.717) is 5.69 Å². The molecular weight excluding hydrogens is 474 g/mol. The maximum Gasteiger partial charge on any atom is 0.244 e. The highest BCUT2D eigenvalue weighted by Crippen LogP contribution is 2.26. The van der Waals surface area contributed by atoms with Crippen LogP contribution in [0.4, 0.5) is 5.69 Å². The molecule has 1 saturated heterocycles. The van der Waals surface area contributed by atoms with Crippen molar-refractivity contribution in [3.05, 3.63) is 90.5 Å². The number of sulfonamides is 2. The van der Waals surface area contributed by atoms with Gasteiger partial charge in [0.25, 0.3) is 0 Å². The normalized spacial score (nSPS) is 17.9. The molecule has 1 atom stereocenters. The Balaban J connectivity index is 1.69. The molecule has 0 bridgehead atoms. The summed E-state index contributed by atoms with van der Waals surface area (Å²) >= 11 is 0. The van der Waals surface area contributed by atoms with Gasteiger partial charge in [-0.05, 0) is 48.9 Å². The summed E-state index contributed by atoms with van der Waals surface area (Å²) in [6.45, 7) is 1.34. The zero-order valence-corrected chi connectivity index (χ0v) is 20.2. The Labute approximate surface area is 199 Å². The Bertz CT molecular complexity index is 1380. The van der Waals surface area contributed by atoms with Crippen LogP contribution >= 0.6 is 0 Å². The first kappa shape index (κ1) is 24.1. The van der Waals surface area contributed by atoms with Crippen LogP contribution in [0.15, 0.2) is 94.7 Å². The third kappa shape index (κ3) is 4.90. The Hall–Kier alpha value is -3.05. The highest BCUT2D eigenvalue weighted by Gasteiger charge is 2.43. The minimum absolute atomic E-state index is 0.0442. The van der Waals surface area contributed by atoms with Crippen molar-refractivity contribution in [2.45, 2.75) is 22.8 Å². The van der Waals surface area contributed by atoms with E-state index in [1.807, 2.05) is 13.0 Å². The van der Waals surface area contributed by atoms with Gasteiger partial charge < -0.3 is 5.32 Å². The number of nitrogens with one attached hydrogen (secondary N) is 1. The summed E-state index contributed by atoms with van der Waals surface area (Å²) in [5.41, 5.74) is 1.42. The smallest absolute Gasteiger partial charge is 0.244 e. The average Bonchev–Trinajstić information content (AvgIpc) is 2.84. The number of piperazine rings is 1. The lowest BCUT2D eigenvalue weighted by Crippen LogP contribution is -2.60. The van der Waals surface area contributed by atoms with Gasteiger partial charge >= 0.3 is 0 Å². The molecule has 178 valence electrons. The Morgan fingerprint density at radius 2 is 1.38 bits per heavy atom. The zero-order valence-electron chi connectivity index (χ0n) is 18.5. The Kier molecular flexibility index (Phi) is 6.85. The first-order chi connectivity index (χ1) is 16.2. The van der Waals surface area contributed by atoms with Crippen molar-refractivity contribution in [3.63, 3.8) is 0 Å². The van der Waals surface area contributed by atoms with E-state index in [1.165, 1.54) is 28.6 Å². The molecule has 1 fully saturated rings. The van der Waals surface area contributed by atoms with Crippen LogP contribution in [0.25, 0.3) is 0 Å². The summed E-state index contributed by atoms with van der Waals surface area (Å²) in [5.74, 6) is -0.599. The van der Waals surface area contributed by atoms with Gasteiger partial charge in [-0.15, -0.1) is 0 Å². The van der Waals surface area contributed by atoms with Crippen molar-refractivity contribution in [1.82, 2.24) is 8.61 Å². The molecule has 3 aromatic carbocycles. The number of carbonyl (C=O) groups is 1. The molecule has 1 N–H and O–H groups in total. The van der Waals surface area contributed by atoms with Gasteiger partial charge in [0.05, 0.1) is 9.79 Å². The molecule has 1 heterocycles. The number of amides is 1. The van der Waals surface area contributed by atoms with Crippen LogP contribution in [0.3, 0.4) is 0 Å². The Morgan fingerprint density at radius 3 is 1.97 bits per heavy atom. The van der Waals surface area contributed by atoms with E-state index < -0.39 is 32.0 Å². The van der Waals surface area contributed by atoms with E-state index in [1.54, 1.807) is 54.6 Å². The standard InChI is InChI=1S/C24H25N3O5S2/c1-19-9-8-10-20(17-19)25-24(28)23-18-26(33(29,30)21-11-4-2-5-12-21)15-16-27(23)34(31,32)22-13-6-3-7-14-22/h2-14,17,23H,15-16,18H2,1H3,(H,25,28)/t23-/m0/s1. The number of nitrogens with zero attached hydrogens (tertiary/aromatic N) is 2. The van der Waals surface area contributed by atoms with Crippen molar-refractivity contribution in [3.8, 4) is 0 Å². The lowest BCUT2D eigenvalue weighted by molar-refractivity contribution is -0.120. The fraction of sp³-hybridized carbons (Fsp3) is 0.208. The second kappa shape index (κ2) is 9.67. The van der Waals surface area contributed by atoms with E-state index >= 15 is 0 Å². The predicted molar refractivity (Wildman–Crippen MR) is 129 cm³/mol. The van der Waals surface area contributed by atoms with Gasteiger partial charge in [-0.2, -0.15) is 8.61 Å². The topological polar surface area (TPSA) is 104 Å². The number of anilines is 1. The molecule has 1 amide bonds. The second-order valence-electron chi connectivity index (χ2n) is 7.98. The summed E-state index contributed by atoms with van der Waals surface area (Å²) in [6, 6.07) is 21.6. The second-order valence-corrected chi connectivity index (χ2v) is 11.8. The van der Waals surface area contributed by atoms with E-state index in [9.17, 15) is 21.6 Å². The molecule has 1 aliphatic rings. The van der Waals surface area contributed by atoms with Crippen molar-refractivity contribution < 1.29 is 21.6 Å². The van der Waals surface area contributed by atoms with Gasteiger partial charge in [0.15, 0.2) is 0 Å². The summed E-state index contributed by atoms with van der Waals surface area (Å²) in [5, 5.41) is 2.75. The van der Waals surface area contributed by atoms with Gasteiger partial charge in [-0.1, -0.05) is 48.5 Å². The molecule has 3 aromatic rings. The summed E-state index contributed by atoms with van der Waals surface area (Å²) in [4.78, 5) is 13.5. The number of hydrogen-bond donors (Lipinski definition) is 1. The van der Waals surface area contributed by atoms with E-state index in [0.717, 1.165) is 9.87 Å². The van der Waals surface area contributed by atoms with Gasteiger partial charge in [-0.25, -0.2) is 16.8 Å². The highest BCUT2D eigenvalue weighted by molar-refractivity contribution is 7.89. The number of benzene rings is 3. The molecule has 0 aliphatic carbocycles. The van der Waals surface area contributed by atoms with Crippen LogP contribution < -0.4 is 5.32 Å². The van der Waals surface area contributed by atoms with Crippen molar-refractivity contribution in [2.24, 2.45) is 0 Å². The fourth-order valence-electron chi connectivity index (χ4n) is 3.88. The zero-order chi connectivity index (χ0) is 24.3. The molecule has 8 nitrogen and oxygen atoms in total. The maximum absolute atomic E-state index is 13.4. The van der Waals surface area contributed by atoms with Crippen molar-refractivity contribution in [2.75, 3.05) is 25.0 Å². The van der Waals surface area contributed by atoms with E-state index in [-0.39, 0.29) is 29.4 Å². The van der Waals surface area contributed by atoms with E-state index in [4.69, 9.17) is 0 Å². The lowest BCUT2D eigenvalue weighted by Gasteiger charge is -2.38. The monoisotopic (exact) mass is 499 g/mol. The average molecular weight is 500 g/mol. The molecule has 0 unspecified atom stereocenters. The van der Waals surface area contributed by atoms with Crippen LogP contribution in [0.2, 0.25) is 0 Å². The lowest BCUT2D eigenvalue weighted by atomic mass is 10.2. The minimum Gasteiger partial charge on any atom is -0.325 e. The third-order valence-corrected chi connectivity index (χ3v) is 9.41. The molecule has 0 radical (unpaired) electrons. The van der Waals surface area contributed by atoms with Crippen LogP contribution in [0.1, 0.15) is 5.56 Å². The number of aryl methyl sites for hydroxylation is 1. The highest BCUT2D eigenvalue weighted by atomic mass is 32.2. The summed E-state index contributed by atoms with van der Waals surface area (Å²) in [7, 11) is -7.95. The van der Waals surface area contributed by atoms with Crippen LogP contribution in [0, 0.1) is 6.92 Å². The first-order valence-electron chi connectivity index (χ1n) is 10.7. The summed E-state index contributed by atoms with van der Waals surface area (Å²) in [6.07, 6.45) is 0. The van der Waals surface area contributed by atoms with Crippen molar-refractivity contribution >= 4 is 31.6 Å². The quantitative estimate of drug-likeness (QED) is 0.562. The molecule has 4 rings (SSSR count). The third-order valence-electron chi connectivity index (χ3n) is 5.61. The van der Waals surface area contributed by atoms with Gasteiger partial charge in [0.1, 0.15) is 6.04 Å². The molecular formula is C24H25N3O5S2. The SMILES string of the molecule is Cc1cccc(NC(=O)[C@@H]2CN(S(=O)(=O)c3ccccc3)CCN2S(=O)(=O)c2ccccc2)c1. The molecule has 0 saturated carbocycles. The maximum atomic E-state index is 13.4. The summed E-state index contributed by atoms with van der Waals surface area (Å²) < 4.78 is 55.5. The molecule has 0 aromatic heterocycles. The number of carbonyl (C=O) groups excluding carboxylic acids is 1. The predicted octanol–water partition coefficient (Wildman–Crippen LogP) is 2.70. The van der Waals surface area contributed by atoms with Gasteiger partial charge in [0.2, 0.25) is 26.0 Å². The van der Waals surface area contributed by atoms with Crippen LogP contribution in [-0.4, -0.2) is 57.0 Å². The Morgan fingerprint density at radius 1 is 0.794 bits per heavy atom. The van der Waals surface area contributed by atoms with Gasteiger partial charge in [0, 0.05) is 25.3 Å². The fourth-order valence-corrected chi connectivity index (χ4v) is 6.93. The molecule has 10 heteroatoms. The van der Waals surface area contributed by atoms with Gasteiger partial charge in [-0.3, -0.25) is 4.79 Å². The minimum atomic E-state index is -4.04.